The van der Waals surface area contributed by atoms with Crippen LogP contribution in [-0.4, -0.2) is 37.1 Å². The zero-order valence-electron chi connectivity index (χ0n) is 9.54. The van der Waals surface area contributed by atoms with Gasteiger partial charge in [-0.1, -0.05) is 18.8 Å². The minimum atomic E-state index is 0.748. The molecule has 1 heterocycles. The van der Waals surface area contributed by atoms with Crippen molar-refractivity contribution in [3.8, 4) is 12.3 Å². The highest BCUT2D eigenvalue weighted by Crippen LogP contribution is 2.31. The van der Waals surface area contributed by atoms with E-state index in [1.807, 2.05) is 0 Å². The Balaban J connectivity index is 1.54. The van der Waals surface area contributed by atoms with E-state index in [4.69, 9.17) is 6.42 Å². The van der Waals surface area contributed by atoms with Gasteiger partial charge in [0.2, 0.25) is 0 Å². The summed E-state index contributed by atoms with van der Waals surface area (Å²) < 4.78 is 0. The van der Waals surface area contributed by atoms with Crippen LogP contribution in [0.2, 0.25) is 0 Å². The van der Waals surface area contributed by atoms with Gasteiger partial charge >= 0.3 is 0 Å². The van der Waals surface area contributed by atoms with E-state index in [1.54, 1.807) is 0 Å². The van der Waals surface area contributed by atoms with Crippen LogP contribution in [0.3, 0.4) is 0 Å². The molecule has 0 unspecified atom stereocenters. The van der Waals surface area contributed by atoms with E-state index >= 15 is 0 Å². The van der Waals surface area contributed by atoms with Crippen molar-refractivity contribution in [2.24, 2.45) is 5.92 Å². The van der Waals surface area contributed by atoms with Crippen molar-refractivity contribution >= 4 is 0 Å². The first-order valence-electron chi connectivity index (χ1n) is 6.27. The molecule has 0 amide bonds. The van der Waals surface area contributed by atoms with Crippen LogP contribution in [0.4, 0.5) is 0 Å². The van der Waals surface area contributed by atoms with E-state index in [1.165, 1.54) is 51.7 Å². The fourth-order valence-corrected chi connectivity index (χ4v) is 2.32. The summed E-state index contributed by atoms with van der Waals surface area (Å²) in [6, 6.07) is 0.748. The highest BCUT2D eigenvalue weighted by molar-refractivity contribution is 4.90. The van der Waals surface area contributed by atoms with E-state index in [0.717, 1.165) is 18.5 Å². The third-order valence-electron chi connectivity index (χ3n) is 3.58. The topological polar surface area (TPSA) is 15.3 Å². The molecule has 0 aromatic carbocycles. The molecule has 2 fully saturated rings. The van der Waals surface area contributed by atoms with Crippen LogP contribution >= 0.6 is 0 Å². The fourth-order valence-electron chi connectivity index (χ4n) is 2.32. The Morgan fingerprint density at radius 3 is 2.53 bits per heavy atom. The molecule has 0 aromatic heterocycles. The summed E-state index contributed by atoms with van der Waals surface area (Å²) in [7, 11) is 0. The molecule has 15 heavy (non-hydrogen) atoms. The summed E-state index contributed by atoms with van der Waals surface area (Å²) in [5, 5.41) is 3.68. The molecule has 2 aliphatic rings. The Morgan fingerprint density at radius 1 is 1.20 bits per heavy atom. The van der Waals surface area contributed by atoms with Gasteiger partial charge in [-0.2, -0.15) is 0 Å². The quantitative estimate of drug-likeness (QED) is 0.685. The lowest BCUT2D eigenvalue weighted by Gasteiger charge is -2.31. The molecule has 1 saturated carbocycles. The molecule has 1 aliphatic carbocycles. The second-order valence-corrected chi connectivity index (χ2v) is 4.94. The number of hydrogen-bond acceptors (Lipinski definition) is 2. The first kappa shape index (κ1) is 11.0. The fraction of sp³-hybridized carbons (Fsp3) is 0.846. The highest BCUT2D eigenvalue weighted by atomic mass is 15.1. The minimum absolute atomic E-state index is 0.748. The lowest BCUT2D eigenvalue weighted by atomic mass is 10.0. The first-order valence-corrected chi connectivity index (χ1v) is 6.27. The molecular weight excluding hydrogens is 184 g/mol. The summed E-state index contributed by atoms with van der Waals surface area (Å²) in [6.07, 6.45) is 12.2. The van der Waals surface area contributed by atoms with Crippen LogP contribution in [0.25, 0.3) is 0 Å². The average molecular weight is 206 g/mol. The van der Waals surface area contributed by atoms with Crippen molar-refractivity contribution in [1.82, 2.24) is 10.2 Å². The molecule has 2 rings (SSSR count). The lowest BCUT2D eigenvalue weighted by Crippen LogP contribution is -2.42. The van der Waals surface area contributed by atoms with Crippen LogP contribution in [0.15, 0.2) is 0 Å². The molecule has 2 heteroatoms. The van der Waals surface area contributed by atoms with Gasteiger partial charge < -0.3 is 5.32 Å². The predicted octanol–water partition coefficient (Wildman–Crippen LogP) is 1.47. The molecule has 1 N–H and O–H groups in total. The van der Waals surface area contributed by atoms with Crippen molar-refractivity contribution in [2.75, 3.05) is 26.2 Å². The molecule has 84 valence electrons. The molecule has 0 bridgehead atoms. The maximum Gasteiger partial charge on any atom is 0.0598 e. The Bertz CT molecular complexity index is 219. The van der Waals surface area contributed by atoms with E-state index in [2.05, 4.69) is 16.1 Å². The van der Waals surface area contributed by atoms with Gasteiger partial charge in [0.25, 0.3) is 0 Å². The van der Waals surface area contributed by atoms with E-state index in [0.29, 0.717) is 0 Å². The zero-order valence-corrected chi connectivity index (χ0v) is 9.54. The van der Waals surface area contributed by atoms with Gasteiger partial charge in [-0.05, 0) is 31.7 Å². The van der Waals surface area contributed by atoms with Crippen LogP contribution in [0.5, 0.6) is 0 Å². The number of rotatable bonds is 5. The summed E-state index contributed by atoms with van der Waals surface area (Å²) >= 11 is 0. The van der Waals surface area contributed by atoms with Gasteiger partial charge in [-0.25, -0.2) is 0 Å². The Morgan fingerprint density at radius 2 is 1.93 bits per heavy atom. The summed E-state index contributed by atoms with van der Waals surface area (Å²) in [5.41, 5.74) is 0. The first-order chi connectivity index (χ1) is 7.38. The lowest BCUT2D eigenvalue weighted by molar-refractivity contribution is 0.217. The van der Waals surface area contributed by atoms with Crippen molar-refractivity contribution in [3.63, 3.8) is 0 Å². The molecule has 2 nitrogen and oxygen atoms in total. The Hall–Kier alpha value is -0.520. The number of hydrogen-bond donors (Lipinski definition) is 1. The smallest absolute Gasteiger partial charge is 0.0598 e. The third-order valence-corrected chi connectivity index (χ3v) is 3.58. The maximum absolute atomic E-state index is 5.31. The zero-order chi connectivity index (χ0) is 10.5. The van der Waals surface area contributed by atoms with Crippen LogP contribution in [-0.2, 0) is 0 Å². The van der Waals surface area contributed by atoms with E-state index in [9.17, 15) is 0 Å². The van der Waals surface area contributed by atoms with Gasteiger partial charge in [-0.3, -0.25) is 4.90 Å². The summed E-state index contributed by atoms with van der Waals surface area (Å²) in [5.74, 6) is 3.78. The molecule has 0 atom stereocenters. The van der Waals surface area contributed by atoms with Gasteiger partial charge in [0.05, 0.1) is 6.54 Å². The molecule has 0 aromatic rings. The predicted molar refractivity (Wildman–Crippen MR) is 63.6 cm³/mol. The van der Waals surface area contributed by atoms with Crippen LogP contribution in [0, 0.1) is 18.3 Å². The number of likely N-dealkylation sites (tertiary alicyclic amines) is 1. The van der Waals surface area contributed by atoms with Crippen molar-refractivity contribution < 1.29 is 0 Å². The van der Waals surface area contributed by atoms with Gasteiger partial charge in [0.1, 0.15) is 0 Å². The van der Waals surface area contributed by atoms with Gasteiger partial charge in [-0.15, -0.1) is 6.42 Å². The van der Waals surface area contributed by atoms with E-state index < -0.39 is 0 Å². The van der Waals surface area contributed by atoms with Gasteiger partial charge in [0.15, 0.2) is 0 Å². The number of nitrogens with one attached hydrogen (secondary N) is 1. The molecule has 1 aliphatic heterocycles. The van der Waals surface area contributed by atoms with Crippen molar-refractivity contribution in [1.29, 1.82) is 0 Å². The van der Waals surface area contributed by atoms with Crippen molar-refractivity contribution in [2.45, 2.75) is 38.1 Å². The molecular formula is C13H22N2. The number of piperidine rings is 1. The third kappa shape index (κ3) is 3.85. The highest BCUT2D eigenvalue weighted by Gasteiger charge is 2.22. The summed E-state index contributed by atoms with van der Waals surface area (Å²) in [4.78, 5) is 2.37. The number of terminal acetylenes is 1. The van der Waals surface area contributed by atoms with Gasteiger partial charge in [0, 0.05) is 19.1 Å². The molecule has 0 radical (unpaired) electrons. The second-order valence-electron chi connectivity index (χ2n) is 4.94. The summed E-state index contributed by atoms with van der Waals surface area (Å²) in [6.45, 7) is 4.40. The Labute approximate surface area is 93.4 Å². The average Bonchev–Trinajstić information content (AvgIpc) is 3.05. The normalized spacial score (nSPS) is 23.9. The maximum atomic E-state index is 5.31. The largest absolute Gasteiger partial charge is 0.314 e. The van der Waals surface area contributed by atoms with Crippen LogP contribution in [0.1, 0.15) is 32.1 Å². The molecule has 0 spiro atoms. The minimum Gasteiger partial charge on any atom is -0.314 e. The van der Waals surface area contributed by atoms with Crippen molar-refractivity contribution in [3.05, 3.63) is 0 Å². The standard InChI is InChI=1S/C13H22N2/c1-2-9-15-10-6-13(7-11-15)14-8-5-12-3-4-12/h1,12-14H,3-11H2. The molecule has 1 saturated heterocycles. The monoisotopic (exact) mass is 206 g/mol. The van der Waals surface area contributed by atoms with Crippen LogP contribution < -0.4 is 5.32 Å². The Kier molecular flexibility index (Phi) is 4.05. The number of nitrogens with zero attached hydrogens (tertiary/aromatic N) is 1. The SMILES string of the molecule is C#CCN1CCC(NCCC2CC2)CC1. The second kappa shape index (κ2) is 5.53. The van der Waals surface area contributed by atoms with E-state index in [-0.39, 0.29) is 0 Å².